The van der Waals surface area contributed by atoms with Crippen molar-refractivity contribution in [1.29, 1.82) is 0 Å². The Kier molecular flexibility index (Phi) is 5.31. The highest BCUT2D eigenvalue weighted by Crippen LogP contribution is 2.17. The van der Waals surface area contributed by atoms with E-state index in [1.807, 2.05) is 63.3 Å². The molecular weight excluding hydrogens is 220 g/mol. The minimum absolute atomic E-state index is 0.129. The van der Waals surface area contributed by atoms with E-state index in [1.54, 1.807) is 0 Å². The second-order valence-electron chi connectivity index (χ2n) is 4.42. The third-order valence-electron chi connectivity index (χ3n) is 2.72. The van der Waals surface area contributed by atoms with Crippen LogP contribution in [0.2, 0.25) is 0 Å². The fourth-order valence-corrected chi connectivity index (χ4v) is 2.00. The lowest BCUT2D eigenvalue weighted by atomic mass is 9.94. The van der Waals surface area contributed by atoms with Gasteiger partial charge in [0.15, 0.2) is 5.78 Å². The van der Waals surface area contributed by atoms with Crippen molar-refractivity contribution < 1.29 is 4.79 Å². The second kappa shape index (κ2) is 6.75. The average molecular weight is 240 g/mol. The highest BCUT2D eigenvalue weighted by Gasteiger charge is 2.13. The lowest BCUT2D eigenvalue weighted by molar-refractivity contribution is -0.114. The second-order valence-corrected chi connectivity index (χ2v) is 4.42. The number of benzene rings is 1. The monoisotopic (exact) mass is 240 g/mol. The van der Waals surface area contributed by atoms with Gasteiger partial charge in [0.05, 0.1) is 0 Å². The Morgan fingerprint density at radius 1 is 1.22 bits per heavy atom. The Labute approximate surface area is 110 Å². The first-order valence-corrected chi connectivity index (χ1v) is 6.12. The van der Waals surface area contributed by atoms with Gasteiger partial charge >= 0.3 is 0 Å². The molecule has 0 aliphatic rings. The summed E-state index contributed by atoms with van der Waals surface area (Å²) in [5, 5.41) is 0. The molecule has 0 aliphatic heterocycles. The summed E-state index contributed by atoms with van der Waals surface area (Å²) in [4.78, 5) is 12.3. The molecule has 94 valence electrons. The van der Waals surface area contributed by atoms with Crippen LogP contribution in [-0.2, 0) is 11.2 Å². The van der Waals surface area contributed by atoms with E-state index in [0.717, 1.165) is 22.3 Å². The van der Waals surface area contributed by atoms with Gasteiger partial charge in [-0.3, -0.25) is 4.79 Å². The Morgan fingerprint density at radius 3 is 2.33 bits per heavy atom. The summed E-state index contributed by atoms with van der Waals surface area (Å²) < 4.78 is 0. The van der Waals surface area contributed by atoms with E-state index >= 15 is 0 Å². The maximum Gasteiger partial charge on any atom is 0.167 e. The van der Waals surface area contributed by atoms with Crippen molar-refractivity contribution in [2.45, 2.75) is 27.2 Å². The maximum absolute atomic E-state index is 12.3. The number of carbonyl (C=O) groups is 1. The summed E-state index contributed by atoms with van der Waals surface area (Å²) in [5.74, 6) is 0.129. The van der Waals surface area contributed by atoms with Gasteiger partial charge in [-0.1, -0.05) is 49.1 Å². The summed E-state index contributed by atoms with van der Waals surface area (Å²) in [6.07, 6.45) is 4.32. The Morgan fingerprint density at radius 2 is 1.83 bits per heavy atom. The van der Waals surface area contributed by atoms with E-state index in [9.17, 15) is 4.79 Å². The van der Waals surface area contributed by atoms with Crippen molar-refractivity contribution in [3.8, 4) is 0 Å². The Hall–Kier alpha value is -1.89. The van der Waals surface area contributed by atoms with E-state index in [-0.39, 0.29) is 5.78 Å². The summed E-state index contributed by atoms with van der Waals surface area (Å²) in [7, 11) is 0. The van der Waals surface area contributed by atoms with Crippen molar-refractivity contribution in [2.24, 2.45) is 0 Å². The van der Waals surface area contributed by atoms with Crippen molar-refractivity contribution in [1.82, 2.24) is 0 Å². The van der Waals surface area contributed by atoms with Gasteiger partial charge in [0, 0.05) is 12.0 Å². The lowest BCUT2D eigenvalue weighted by Crippen LogP contribution is -2.09. The van der Waals surface area contributed by atoms with Crippen molar-refractivity contribution in [3.63, 3.8) is 0 Å². The van der Waals surface area contributed by atoms with Crippen molar-refractivity contribution in [3.05, 3.63) is 71.3 Å². The summed E-state index contributed by atoms with van der Waals surface area (Å²) in [6.45, 7) is 9.69. The minimum atomic E-state index is 0.129. The molecule has 0 atom stereocenters. The molecule has 0 fully saturated rings. The van der Waals surface area contributed by atoms with E-state index in [2.05, 4.69) is 6.58 Å². The molecule has 0 saturated carbocycles. The molecule has 0 N–H and O–H groups in total. The highest BCUT2D eigenvalue weighted by atomic mass is 16.1. The number of hydrogen-bond donors (Lipinski definition) is 0. The standard InChI is InChI=1S/C17H20O/c1-5-9-14(4)17(13(2)3)16(18)12-15-10-7-6-8-11-15/h5-11H,2,12H2,1,3-4H3/b9-5+,17-14+. The van der Waals surface area contributed by atoms with Gasteiger partial charge in [-0.15, -0.1) is 0 Å². The van der Waals surface area contributed by atoms with Crippen molar-refractivity contribution in [2.75, 3.05) is 0 Å². The van der Waals surface area contributed by atoms with Crippen LogP contribution in [0.15, 0.2) is 65.8 Å². The van der Waals surface area contributed by atoms with Crippen LogP contribution < -0.4 is 0 Å². The molecule has 0 aromatic heterocycles. The number of rotatable bonds is 5. The SMILES string of the molecule is C=C(C)/C(C(=O)Cc1ccccc1)=C(C)\C=C\C. The molecule has 1 nitrogen and oxygen atoms in total. The zero-order valence-electron chi connectivity index (χ0n) is 11.4. The maximum atomic E-state index is 12.3. The first kappa shape index (κ1) is 14.2. The smallest absolute Gasteiger partial charge is 0.167 e. The minimum Gasteiger partial charge on any atom is -0.294 e. The molecule has 1 heteroatoms. The zero-order valence-corrected chi connectivity index (χ0v) is 11.4. The van der Waals surface area contributed by atoms with Crippen LogP contribution in [0.25, 0.3) is 0 Å². The molecule has 1 aromatic rings. The predicted octanol–water partition coefficient (Wildman–Crippen LogP) is 4.27. The molecule has 0 saturated heterocycles. The van der Waals surface area contributed by atoms with Crippen molar-refractivity contribution >= 4 is 5.78 Å². The molecule has 0 spiro atoms. The van der Waals surface area contributed by atoms with E-state index in [0.29, 0.717) is 6.42 Å². The van der Waals surface area contributed by atoms with Gasteiger partial charge in [-0.2, -0.15) is 0 Å². The first-order valence-electron chi connectivity index (χ1n) is 6.12. The molecule has 1 aromatic carbocycles. The largest absolute Gasteiger partial charge is 0.294 e. The molecule has 0 amide bonds. The Bertz CT molecular complexity index is 490. The third-order valence-corrected chi connectivity index (χ3v) is 2.72. The predicted molar refractivity (Wildman–Crippen MR) is 77.5 cm³/mol. The fraction of sp³-hybridized carbons (Fsp3) is 0.235. The first-order chi connectivity index (χ1) is 8.56. The van der Waals surface area contributed by atoms with E-state index < -0.39 is 0 Å². The highest BCUT2D eigenvalue weighted by molar-refractivity contribution is 6.01. The van der Waals surface area contributed by atoms with Crippen LogP contribution in [0.5, 0.6) is 0 Å². The molecule has 0 unspecified atom stereocenters. The molecule has 0 bridgehead atoms. The number of carbonyl (C=O) groups excluding carboxylic acids is 1. The van der Waals surface area contributed by atoms with Gasteiger partial charge in [0.2, 0.25) is 0 Å². The molecule has 1 rings (SSSR count). The van der Waals surface area contributed by atoms with Crippen LogP contribution in [0.4, 0.5) is 0 Å². The van der Waals surface area contributed by atoms with E-state index in [4.69, 9.17) is 0 Å². The Balaban J connectivity index is 2.99. The van der Waals surface area contributed by atoms with Gasteiger partial charge in [0.1, 0.15) is 0 Å². The van der Waals surface area contributed by atoms with Gasteiger partial charge in [-0.25, -0.2) is 0 Å². The molecule has 0 radical (unpaired) electrons. The number of Topliss-reactive ketones (excluding diaryl/α,β-unsaturated/α-hetero) is 1. The van der Waals surface area contributed by atoms with Crippen LogP contribution in [-0.4, -0.2) is 5.78 Å². The topological polar surface area (TPSA) is 17.1 Å². The van der Waals surface area contributed by atoms with Gasteiger partial charge in [-0.05, 0) is 37.5 Å². The van der Waals surface area contributed by atoms with Crippen LogP contribution in [0.3, 0.4) is 0 Å². The zero-order chi connectivity index (χ0) is 13.5. The molecule has 0 aliphatic carbocycles. The summed E-state index contributed by atoms with van der Waals surface area (Å²) in [5.41, 5.74) is 3.59. The molecule has 18 heavy (non-hydrogen) atoms. The quantitative estimate of drug-likeness (QED) is 0.555. The summed E-state index contributed by atoms with van der Waals surface area (Å²) in [6, 6.07) is 9.80. The van der Waals surface area contributed by atoms with Gasteiger partial charge < -0.3 is 0 Å². The average Bonchev–Trinajstić information content (AvgIpc) is 2.30. The summed E-state index contributed by atoms with van der Waals surface area (Å²) >= 11 is 0. The van der Waals surface area contributed by atoms with E-state index in [1.165, 1.54) is 0 Å². The van der Waals surface area contributed by atoms with Crippen LogP contribution in [0, 0.1) is 0 Å². The molecule has 0 heterocycles. The molecular formula is C17H20O. The van der Waals surface area contributed by atoms with Gasteiger partial charge in [0.25, 0.3) is 0 Å². The number of hydrogen-bond acceptors (Lipinski definition) is 1. The lowest BCUT2D eigenvalue weighted by Gasteiger charge is -2.09. The van der Waals surface area contributed by atoms with Crippen LogP contribution >= 0.6 is 0 Å². The normalized spacial score (nSPS) is 12.4. The number of ketones is 1. The fourth-order valence-electron chi connectivity index (χ4n) is 2.00. The number of allylic oxidation sites excluding steroid dienone is 5. The van der Waals surface area contributed by atoms with Crippen LogP contribution in [0.1, 0.15) is 26.3 Å². The third kappa shape index (κ3) is 3.85.